The van der Waals surface area contributed by atoms with Crippen LogP contribution in [-0.2, 0) is 15.9 Å². The summed E-state index contributed by atoms with van der Waals surface area (Å²) in [6.45, 7) is 1.35. The standard InChI is InChI=1S/C28H29F3N2O5/c1-3-4-5-6-7-19-16-32-25(33-17-19)20-8-10-21(11-9-20)26(34)37-23-14-12-22(13-15-23)27(35)38-24(18-36-2)28(29,30)31/h8-17,24H,3-7,18H2,1-2H3. The monoisotopic (exact) mass is 530 g/mol. The minimum Gasteiger partial charge on any atom is -0.447 e. The van der Waals surface area contributed by atoms with Crippen LogP contribution in [0.1, 0.15) is 58.9 Å². The smallest absolute Gasteiger partial charge is 0.427 e. The first-order chi connectivity index (χ1) is 18.2. The van der Waals surface area contributed by atoms with E-state index >= 15 is 0 Å². The van der Waals surface area contributed by atoms with Crippen molar-refractivity contribution in [1.29, 1.82) is 0 Å². The van der Waals surface area contributed by atoms with E-state index in [0.717, 1.165) is 31.1 Å². The quantitative estimate of drug-likeness (QED) is 0.156. The van der Waals surface area contributed by atoms with Crippen molar-refractivity contribution in [3.8, 4) is 17.1 Å². The Morgan fingerprint density at radius 1 is 0.868 bits per heavy atom. The predicted octanol–water partition coefficient (Wildman–Crippen LogP) is 6.22. The molecule has 0 amide bonds. The number of esters is 2. The van der Waals surface area contributed by atoms with Crippen LogP contribution in [0.2, 0.25) is 0 Å². The molecule has 1 unspecified atom stereocenters. The molecule has 0 fully saturated rings. The Morgan fingerprint density at radius 3 is 2.05 bits per heavy atom. The second-order valence-electron chi connectivity index (χ2n) is 8.61. The van der Waals surface area contributed by atoms with Gasteiger partial charge in [0.1, 0.15) is 5.75 Å². The lowest BCUT2D eigenvalue weighted by Gasteiger charge is -2.19. The second-order valence-corrected chi connectivity index (χ2v) is 8.61. The van der Waals surface area contributed by atoms with Crippen LogP contribution in [-0.4, -0.2) is 47.9 Å². The molecule has 7 nitrogen and oxygen atoms in total. The summed E-state index contributed by atoms with van der Waals surface area (Å²) in [5.41, 5.74) is 1.97. The molecule has 1 aromatic heterocycles. The van der Waals surface area contributed by atoms with Gasteiger partial charge in [-0.2, -0.15) is 13.2 Å². The number of alkyl halides is 3. The lowest BCUT2D eigenvalue weighted by atomic mass is 10.1. The molecule has 0 radical (unpaired) electrons. The van der Waals surface area contributed by atoms with Gasteiger partial charge >= 0.3 is 18.1 Å². The third kappa shape index (κ3) is 8.37. The normalized spacial score (nSPS) is 12.1. The van der Waals surface area contributed by atoms with Gasteiger partial charge in [0, 0.05) is 25.1 Å². The summed E-state index contributed by atoms with van der Waals surface area (Å²) in [5, 5.41) is 0. The molecule has 10 heteroatoms. The maximum atomic E-state index is 12.9. The van der Waals surface area contributed by atoms with Crippen molar-refractivity contribution in [3.63, 3.8) is 0 Å². The molecule has 0 aliphatic carbocycles. The van der Waals surface area contributed by atoms with Gasteiger partial charge in [-0.3, -0.25) is 0 Å². The molecule has 0 spiro atoms. The third-order valence-corrected chi connectivity index (χ3v) is 5.64. The van der Waals surface area contributed by atoms with E-state index in [9.17, 15) is 22.8 Å². The third-order valence-electron chi connectivity index (χ3n) is 5.64. The summed E-state index contributed by atoms with van der Waals surface area (Å²) in [6.07, 6.45) is 2.11. The number of carbonyl (C=O) groups is 2. The van der Waals surface area contributed by atoms with Gasteiger partial charge in [-0.25, -0.2) is 19.6 Å². The molecule has 202 valence electrons. The molecule has 0 bridgehead atoms. The van der Waals surface area contributed by atoms with Gasteiger partial charge in [0.2, 0.25) is 6.10 Å². The number of aromatic nitrogens is 2. The van der Waals surface area contributed by atoms with Gasteiger partial charge in [-0.05, 0) is 54.8 Å². The van der Waals surface area contributed by atoms with E-state index in [1.807, 2.05) is 12.4 Å². The van der Waals surface area contributed by atoms with Crippen LogP contribution in [0.15, 0.2) is 60.9 Å². The molecule has 0 aliphatic heterocycles. The molecule has 1 atom stereocenters. The molecule has 0 saturated carbocycles. The molecule has 38 heavy (non-hydrogen) atoms. The summed E-state index contributed by atoms with van der Waals surface area (Å²) >= 11 is 0. The van der Waals surface area contributed by atoms with Crippen LogP contribution in [0.25, 0.3) is 11.4 Å². The average Bonchev–Trinajstić information content (AvgIpc) is 2.91. The Hall–Kier alpha value is -3.79. The first-order valence-corrected chi connectivity index (χ1v) is 12.2. The fourth-order valence-electron chi connectivity index (χ4n) is 3.51. The molecule has 2 aromatic carbocycles. The Balaban J connectivity index is 1.56. The fraction of sp³-hybridized carbons (Fsp3) is 0.357. The highest BCUT2D eigenvalue weighted by Crippen LogP contribution is 2.25. The van der Waals surface area contributed by atoms with Crippen molar-refractivity contribution in [2.24, 2.45) is 0 Å². The van der Waals surface area contributed by atoms with E-state index in [4.69, 9.17) is 4.74 Å². The molecular formula is C28H29F3N2O5. The van der Waals surface area contributed by atoms with Crippen LogP contribution in [0.3, 0.4) is 0 Å². The molecule has 0 aliphatic rings. The highest BCUT2D eigenvalue weighted by atomic mass is 19.4. The van der Waals surface area contributed by atoms with Crippen molar-refractivity contribution < 1.29 is 37.0 Å². The highest BCUT2D eigenvalue weighted by Gasteiger charge is 2.43. The summed E-state index contributed by atoms with van der Waals surface area (Å²) in [5.74, 6) is -1.17. The Labute approximate surface area is 219 Å². The number of benzene rings is 2. The van der Waals surface area contributed by atoms with Gasteiger partial charge in [0.05, 0.1) is 17.7 Å². The maximum Gasteiger partial charge on any atom is 0.427 e. The van der Waals surface area contributed by atoms with Crippen LogP contribution in [0, 0.1) is 0 Å². The number of unbranched alkanes of at least 4 members (excludes halogenated alkanes) is 3. The molecular weight excluding hydrogens is 501 g/mol. The van der Waals surface area contributed by atoms with E-state index in [1.54, 1.807) is 24.3 Å². The second kappa shape index (κ2) is 13.7. The van der Waals surface area contributed by atoms with Gasteiger partial charge in [-0.15, -0.1) is 0 Å². The molecule has 0 saturated heterocycles. The van der Waals surface area contributed by atoms with Crippen molar-refractivity contribution >= 4 is 11.9 Å². The predicted molar refractivity (Wildman–Crippen MR) is 134 cm³/mol. The van der Waals surface area contributed by atoms with Crippen LogP contribution >= 0.6 is 0 Å². The zero-order chi connectivity index (χ0) is 27.5. The number of aryl methyl sites for hydroxylation is 1. The summed E-state index contributed by atoms with van der Waals surface area (Å²) in [4.78, 5) is 33.4. The van der Waals surface area contributed by atoms with Crippen molar-refractivity contribution in [1.82, 2.24) is 9.97 Å². The minimum absolute atomic E-state index is 0.109. The van der Waals surface area contributed by atoms with Crippen LogP contribution in [0.4, 0.5) is 13.2 Å². The van der Waals surface area contributed by atoms with Crippen molar-refractivity contribution in [3.05, 3.63) is 77.6 Å². The zero-order valence-corrected chi connectivity index (χ0v) is 21.2. The largest absolute Gasteiger partial charge is 0.447 e. The van der Waals surface area contributed by atoms with Gasteiger partial charge in [-0.1, -0.05) is 38.3 Å². The van der Waals surface area contributed by atoms with Gasteiger partial charge in [0.15, 0.2) is 5.82 Å². The van der Waals surface area contributed by atoms with Crippen LogP contribution in [0.5, 0.6) is 5.75 Å². The first-order valence-electron chi connectivity index (χ1n) is 12.2. The number of rotatable bonds is 12. The fourth-order valence-corrected chi connectivity index (χ4v) is 3.51. The topological polar surface area (TPSA) is 87.6 Å². The molecule has 0 N–H and O–H groups in total. The lowest BCUT2D eigenvalue weighted by molar-refractivity contribution is -0.215. The maximum absolute atomic E-state index is 12.9. The van der Waals surface area contributed by atoms with E-state index in [-0.39, 0.29) is 16.9 Å². The first kappa shape index (κ1) is 28.8. The van der Waals surface area contributed by atoms with E-state index in [1.165, 1.54) is 43.5 Å². The van der Waals surface area contributed by atoms with Crippen molar-refractivity contribution in [2.45, 2.75) is 51.3 Å². The highest BCUT2D eigenvalue weighted by molar-refractivity contribution is 5.92. The van der Waals surface area contributed by atoms with Crippen molar-refractivity contribution in [2.75, 3.05) is 13.7 Å². The number of hydrogen-bond acceptors (Lipinski definition) is 7. The number of hydrogen-bond donors (Lipinski definition) is 0. The number of halogens is 3. The van der Waals surface area contributed by atoms with E-state index in [2.05, 4.69) is 26.4 Å². The number of methoxy groups -OCH3 is 1. The summed E-state index contributed by atoms with van der Waals surface area (Å²) in [6, 6.07) is 11.6. The Bertz CT molecular complexity index is 1180. The molecule has 1 heterocycles. The van der Waals surface area contributed by atoms with Gasteiger partial charge < -0.3 is 14.2 Å². The Morgan fingerprint density at radius 2 is 1.47 bits per heavy atom. The SMILES string of the molecule is CCCCCCc1cnc(-c2ccc(C(=O)Oc3ccc(C(=O)OC(COC)C(F)(F)F)cc3)cc2)nc1. The number of nitrogens with zero attached hydrogens (tertiary/aromatic N) is 2. The average molecular weight is 531 g/mol. The summed E-state index contributed by atoms with van der Waals surface area (Å²) < 4.78 is 53.1. The van der Waals surface area contributed by atoms with E-state index < -0.39 is 30.8 Å². The van der Waals surface area contributed by atoms with Gasteiger partial charge in [0.25, 0.3) is 0 Å². The summed E-state index contributed by atoms with van der Waals surface area (Å²) in [7, 11) is 1.07. The number of carbonyl (C=O) groups excluding carboxylic acids is 2. The molecule has 3 rings (SSSR count). The van der Waals surface area contributed by atoms with E-state index in [0.29, 0.717) is 5.82 Å². The number of ether oxygens (including phenoxy) is 3. The molecule has 3 aromatic rings. The zero-order valence-electron chi connectivity index (χ0n) is 21.2. The Kier molecular flexibility index (Phi) is 10.3. The minimum atomic E-state index is -4.76. The lowest BCUT2D eigenvalue weighted by Crippen LogP contribution is -2.37. The van der Waals surface area contributed by atoms with Crippen LogP contribution < -0.4 is 4.74 Å².